The molecule has 0 aromatic heterocycles. The van der Waals surface area contributed by atoms with Crippen molar-refractivity contribution in [2.45, 2.75) is 12.8 Å². The molecule has 0 unspecified atom stereocenters. The number of ether oxygens (including phenoxy) is 1. The molecule has 212 valence electrons. The van der Waals surface area contributed by atoms with Gasteiger partial charge in [0.05, 0.1) is 0 Å². The maximum atomic E-state index is 6.22. The van der Waals surface area contributed by atoms with Gasteiger partial charge < -0.3 is 4.74 Å². The Morgan fingerprint density at radius 1 is 0.326 bits per heavy atom. The van der Waals surface area contributed by atoms with E-state index in [9.17, 15) is 0 Å². The van der Waals surface area contributed by atoms with E-state index < -0.39 is 0 Å². The molecule has 0 saturated carbocycles. The van der Waals surface area contributed by atoms with Crippen molar-refractivity contribution >= 4 is 37.1 Å². The van der Waals surface area contributed by atoms with Gasteiger partial charge in [0.15, 0.2) is 0 Å². The van der Waals surface area contributed by atoms with Gasteiger partial charge in [0.1, 0.15) is 11.5 Å². The maximum Gasteiger partial charge on any atom is 0.127 e. The summed E-state index contributed by atoms with van der Waals surface area (Å²) in [6.07, 6.45) is 4.33. The van der Waals surface area contributed by atoms with Crippen molar-refractivity contribution in [2.24, 2.45) is 0 Å². The van der Waals surface area contributed by atoms with E-state index in [-0.39, 0.29) is 15.8 Å². The molecule has 0 saturated heterocycles. The van der Waals surface area contributed by atoms with E-state index in [1.54, 1.807) is 0 Å². The van der Waals surface area contributed by atoms with E-state index >= 15 is 0 Å². The molecule has 0 radical (unpaired) electrons. The molecule has 0 aliphatic carbocycles. The molecule has 0 bridgehead atoms. The molecule has 3 heteroatoms. The van der Waals surface area contributed by atoms with Crippen molar-refractivity contribution in [1.29, 1.82) is 0 Å². The molecule has 0 amide bonds. The third-order valence-corrected chi connectivity index (χ3v) is 12.6. The van der Waals surface area contributed by atoms with E-state index in [4.69, 9.17) is 4.74 Å². The summed E-state index contributed by atoms with van der Waals surface area (Å²) in [6.45, 7) is 0. The summed E-state index contributed by atoms with van der Waals surface area (Å²) in [5.74, 6) is 1.75. The molecule has 0 atom stereocenters. The fourth-order valence-corrected chi connectivity index (χ4v) is 10.0. The Hall–Kier alpha value is -4.02. The van der Waals surface area contributed by atoms with Crippen molar-refractivity contribution in [3.05, 3.63) is 181 Å². The van der Waals surface area contributed by atoms with Crippen LogP contribution in [-0.4, -0.2) is 12.3 Å². The lowest BCUT2D eigenvalue weighted by atomic mass is 10.1. The number of aryl methyl sites for hydroxylation is 2. The average molecular weight is 595 g/mol. The smallest absolute Gasteiger partial charge is 0.127 e. The number of rotatable bonds is 12. The minimum Gasteiger partial charge on any atom is -0.457 e. The van der Waals surface area contributed by atoms with E-state index in [2.05, 4.69) is 170 Å². The zero-order valence-electron chi connectivity index (χ0n) is 24.3. The van der Waals surface area contributed by atoms with Crippen LogP contribution in [-0.2, 0) is 12.8 Å². The Morgan fingerprint density at radius 3 is 0.884 bits per heavy atom. The van der Waals surface area contributed by atoms with Crippen LogP contribution in [0, 0.1) is 0 Å². The molecule has 0 spiro atoms. The minimum atomic E-state index is -0.390. The van der Waals surface area contributed by atoms with Gasteiger partial charge in [-0.3, -0.25) is 0 Å². The minimum absolute atomic E-state index is 0.390. The molecule has 0 aliphatic rings. The highest BCUT2D eigenvalue weighted by molar-refractivity contribution is 7.73. The molecular formula is C40H36OP2. The molecule has 6 rings (SSSR count). The van der Waals surface area contributed by atoms with Gasteiger partial charge in [0, 0.05) is 0 Å². The second-order valence-electron chi connectivity index (χ2n) is 10.5. The Labute approximate surface area is 258 Å². The van der Waals surface area contributed by atoms with Crippen molar-refractivity contribution < 1.29 is 4.74 Å². The van der Waals surface area contributed by atoms with Crippen LogP contribution in [0.1, 0.15) is 11.1 Å². The van der Waals surface area contributed by atoms with E-state index in [1.807, 2.05) is 0 Å². The zero-order chi connectivity index (χ0) is 29.1. The first kappa shape index (κ1) is 29.1. The first-order chi connectivity index (χ1) is 21.3. The lowest BCUT2D eigenvalue weighted by molar-refractivity contribution is 0.482. The van der Waals surface area contributed by atoms with Gasteiger partial charge in [-0.15, -0.1) is 0 Å². The van der Waals surface area contributed by atoms with Gasteiger partial charge in [-0.1, -0.05) is 146 Å². The van der Waals surface area contributed by atoms with Crippen LogP contribution < -0.4 is 26.0 Å². The van der Waals surface area contributed by atoms with E-state index in [0.717, 1.165) is 36.7 Å². The fourth-order valence-electron chi connectivity index (χ4n) is 5.31. The van der Waals surface area contributed by atoms with Crippen molar-refractivity contribution in [1.82, 2.24) is 0 Å². The Bertz CT molecular complexity index is 1450. The SMILES string of the molecule is c1ccc(P(CCc2ccc(Oc3ccc(CCP(c4ccccc4)c4ccccc4)cc3)cc2)c2ccccc2)cc1. The van der Waals surface area contributed by atoms with Crippen molar-refractivity contribution in [3.8, 4) is 11.5 Å². The predicted octanol–water partition coefficient (Wildman–Crippen LogP) is 8.83. The van der Waals surface area contributed by atoms with Crippen LogP contribution in [0.4, 0.5) is 0 Å². The van der Waals surface area contributed by atoms with Crippen LogP contribution in [0.25, 0.3) is 0 Å². The lowest BCUT2D eigenvalue weighted by Gasteiger charge is -2.19. The normalized spacial score (nSPS) is 11.1. The second-order valence-corrected chi connectivity index (χ2v) is 15.2. The van der Waals surface area contributed by atoms with Crippen LogP contribution in [0.5, 0.6) is 11.5 Å². The molecule has 0 heterocycles. The third kappa shape index (κ3) is 8.09. The topological polar surface area (TPSA) is 9.23 Å². The summed E-state index contributed by atoms with van der Waals surface area (Å²) < 4.78 is 6.22. The third-order valence-electron chi connectivity index (χ3n) is 7.60. The number of hydrogen-bond donors (Lipinski definition) is 0. The number of benzene rings is 6. The molecule has 6 aromatic carbocycles. The van der Waals surface area contributed by atoms with E-state index in [1.165, 1.54) is 32.3 Å². The first-order valence-corrected chi connectivity index (χ1v) is 18.0. The average Bonchev–Trinajstić information content (AvgIpc) is 3.08. The Balaban J connectivity index is 1.05. The quantitative estimate of drug-likeness (QED) is 0.129. The van der Waals surface area contributed by atoms with Gasteiger partial charge in [-0.05, 0) is 97.6 Å². The van der Waals surface area contributed by atoms with Crippen LogP contribution in [0.3, 0.4) is 0 Å². The molecule has 0 fully saturated rings. The summed E-state index contributed by atoms with van der Waals surface area (Å²) in [6, 6.07) is 61.0. The second kappa shape index (κ2) is 14.9. The van der Waals surface area contributed by atoms with Gasteiger partial charge in [0.25, 0.3) is 0 Å². The molecule has 6 aromatic rings. The molecule has 0 N–H and O–H groups in total. The summed E-state index contributed by atoms with van der Waals surface area (Å²) >= 11 is 0. The Kier molecular flexibility index (Phi) is 10.1. The largest absolute Gasteiger partial charge is 0.457 e. The molecule has 43 heavy (non-hydrogen) atoms. The predicted molar refractivity (Wildman–Crippen MR) is 188 cm³/mol. The van der Waals surface area contributed by atoms with Crippen molar-refractivity contribution in [2.75, 3.05) is 12.3 Å². The van der Waals surface area contributed by atoms with Gasteiger partial charge >= 0.3 is 0 Å². The van der Waals surface area contributed by atoms with Crippen LogP contribution in [0.15, 0.2) is 170 Å². The van der Waals surface area contributed by atoms with Gasteiger partial charge in [-0.2, -0.15) is 0 Å². The summed E-state index contributed by atoms with van der Waals surface area (Å²) in [5, 5.41) is 5.74. The summed E-state index contributed by atoms with van der Waals surface area (Å²) in [7, 11) is -0.779. The van der Waals surface area contributed by atoms with Crippen molar-refractivity contribution in [3.63, 3.8) is 0 Å². The first-order valence-electron chi connectivity index (χ1n) is 14.9. The molecule has 0 aliphatic heterocycles. The van der Waals surface area contributed by atoms with Crippen LogP contribution >= 0.6 is 15.8 Å². The molecule has 1 nitrogen and oxygen atoms in total. The summed E-state index contributed by atoms with van der Waals surface area (Å²) in [5.41, 5.74) is 2.69. The highest BCUT2D eigenvalue weighted by atomic mass is 31.1. The number of hydrogen-bond acceptors (Lipinski definition) is 1. The van der Waals surface area contributed by atoms with E-state index in [0.29, 0.717) is 0 Å². The zero-order valence-corrected chi connectivity index (χ0v) is 26.1. The van der Waals surface area contributed by atoms with Gasteiger partial charge in [0.2, 0.25) is 0 Å². The standard InChI is InChI=1S/C40H36OP2/c1-5-13-37(14-6-1)42(38-15-7-2-8-16-38)31-29-33-21-25-35(26-22-33)41-36-27-23-34(24-28-36)30-32-43(39-17-9-3-10-18-39)40-19-11-4-12-20-40/h1-28H,29-32H2. The monoisotopic (exact) mass is 594 g/mol. The highest BCUT2D eigenvalue weighted by Crippen LogP contribution is 2.36. The summed E-state index contributed by atoms with van der Waals surface area (Å²) in [4.78, 5) is 0. The highest BCUT2D eigenvalue weighted by Gasteiger charge is 2.15. The van der Waals surface area contributed by atoms with Gasteiger partial charge in [-0.25, -0.2) is 0 Å². The maximum absolute atomic E-state index is 6.22. The Morgan fingerprint density at radius 2 is 0.605 bits per heavy atom. The fraction of sp³-hybridized carbons (Fsp3) is 0.100. The molecular weight excluding hydrogens is 558 g/mol. The lowest BCUT2D eigenvalue weighted by Crippen LogP contribution is -2.14. The van der Waals surface area contributed by atoms with Crippen LogP contribution in [0.2, 0.25) is 0 Å².